The molecule has 0 aliphatic carbocycles. The van der Waals surface area contributed by atoms with E-state index in [9.17, 15) is 9.59 Å². The minimum Gasteiger partial charge on any atom is -0.492 e. The summed E-state index contributed by atoms with van der Waals surface area (Å²) < 4.78 is 11.5. The number of benzene rings is 3. The highest BCUT2D eigenvalue weighted by atomic mass is 35.5. The summed E-state index contributed by atoms with van der Waals surface area (Å²) in [5.74, 6) is 0.185. The number of halogens is 1. The fourth-order valence-electron chi connectivity index (χ4n) is 3.50. The van der Waals surface area contributed by atoms with E-state index in [1.807, 2.05) is 26.0 Å². The third-order valence-corrected chi connectivity index (χ3v) is 5.28. The van der Waals surface area contributed by atoms with Crippen molar-refractivity contribution in [1.29, 1.82) is 0 Å². The van der Waals surface area contributed by atoms with Crippen LogP contribution in [-0.4, -0.2) is 30.0 Å². The number of aromatic nitrogens is 1. The van der Waals surface area contributed by atoms with Crippen LogP contribution in [0.4, 0.5) is 11.4 Å². The maximum Gasteiger partial charge on any atom is 0.272 e. The zero-order valence-electron chi connectivity index (χ0n) is 18.8. The molecular weight excluding hydrogens is 454 g/mol. The van der Waals surface area contributed by atoms with Gasteiger partial charge in [0.25, 0.3) is 11.8 Å². The van der Waals surface area contributed by atoms with E-state index in [2.05, 4.69) is 15.6 Å². The van der Waals surface area contributed by atoms with Gasteiger partial charge in [-0.3, -0.25) is 9.59 Å². The van der Waals surface area contributed by atoms with Crippen LogP contribution in [0.5, 0.6) is 11.5 Å². The predicted molar refractivity (Wildman–Crippen MR) is 134 cm³/mol. The van der Waals surface area contributed by atoms with E-state index in [0.717, 1.165) is 10.9 Å². The molecule has 8 heteroatoms. The lowest BCUT2D eigenvalue weighted by atomic mass is 10.2. The Hall–Kier alpha value is -3.97. The van der Waals surface area contributed by atoms with Gasteiger partial charge in [-0.15, -0.1) is 0 Å². The van der Waals surface area contributed by atoms with Gasteiger partial charge >= 0.3 is 0 Å². The topological polar surface area (TPSA) is 92.4 Å². The van der Waals surface area contributed by atoms with Gasteiger partial charge in [0.15, 0.2) is 0 Å². The second-order valence-electron chi connectivity index (χ2n) is 7.40. The number of hydrogen-bond donors (Lipinski definition) is 3. The van der Waals surface area contributed by atoms with Crippen LogP contribution in [0.15, 0.2) is 66.7 Å². The van der Waals surface area contributed by atoms with Gasteiger partial charge in [0.2, 0.25) is 0 Å². The third kappa shape index (κ3) is 5.15. The number of carbonyl (C=O) groups excluding carboxylic acids is 2. The van der Waals surface area contributed by atoms with Crippen molar-refractivity contribution in [2.75, 3.05) is 23.8 Å². The molecule has 0 fully saturated rings. The average Bonchev–Trinajstić information content (AvgIpc) is 3.26. The van der Waals surface area contributed by atoms with Crippen molar-refractivity contribution in [3.8, 4) is 11.5 Å². The van der Waals surface area contributed by atoms with Crippen molar-refractivity contribution in [1.82, 2.24) is 4.98 Å². The number of amides is 2. The maximum absolute atomic E-state index is 13.0. The molecule has 0 saturated carbocycles. The van der Waals surface area contributed by atoms with Crippen LogP contribution in [0.1, 0.15) is 34.7 Å². The summed E-state index contributed by atoms with van der Waals surface area (Å²) in [5.41, 5.74) is 2.51. The Kier molecular flexibility index (Phi) is 7.04. The molecule has 3 N–H and O–H groups in total. The van der Waals surface area contributed by atoms with Crippen molar-refractivity contribution >= 4 is 45.7 Å². The summed E-state index contributed by atoms with van der Waals surface area (Å²) in [6, 6.07) is 19.3. The molecule has 3 aromatic carbocycles. The molecule has 0 bridgehead atoms. The van der Waals surface area contributed by atoms with Crippen molar-refractivity contribution in [3.05, 3.63) is 83.0 Å². The molecule has 0 aliphatic rings. The Morgan fingerprint density at radius 1 is 0.824 bits per heavy atom. The van der Waals surface area contributed by atoms with Crippen LogP contribution < -0.4 is 20.1 Å². The first-order valence-corrected chi connectivity index (χ1v) is 11.3. The summed E-state index contributed by atoms with van der Waals surface area (Å²) in [6.07, 6.45) is 0. The lowest BCUT2D eigenvalue weighted by molar-refractivity contribution is 0.101. The van der Waals surface area contributed by atoms with E-state index in [4.69, 9.17) is 21.1 Å². The minimum atomic E-state index is -0.350. The highest BCUT2D eigenvalue weighted by molar-refractivity contribution is 6.31. The molecule has 0 radical (unpaired) electrons. The Morgan fingerprint density at radius 2 is 1.44 bits per heavy atom. The van der Waals surface area contributed by atoms with Gasteiger partial charge in [-0.1, -0.05) is 35.9 Å². The standard InChI is InChI=1S/C26H24ClN3O4/c1-3-33-23-15-21(30-26(32)22-12-17-10-11-18(27)13-19(17)28-22)24(34-4-2)14-20(23)29-25(31)16-8-6-5-7-9-16/h5-15,28H,3-4H2,1-2H3,(H,29,31)(H,30,32). The zero-order valence-corrected chi connectivity index (χ0v) is 19.5. The SMILES string of the molecule is CCOc1cc(NC(=O)c2cc3ccc(Cl)cc3[nH]2)c(OCC)cc1NC(=O)c1ccccc1. The highest BCUT2D eigenvalue weighted by Gasteiger charge is 2.18. The summed E-state index contributed by atoms with van der Waals surface area (Å²) >= 11 is 6.05. The van der Waals surface area contributed by atoms with Gasteiger partial charge in [0.1, 0.15) is 17.2 Å². The lowest BCUT2D eigenvalue weighted by Gasteiger charge is -2.17. The normalized spacial score (nSPS) is 10.7. The fourth-order valence-corrected chi connectivity index (χ4v) is 3.67. The van der Waals surface area contributed by atoms with Crippen LogP contribution >= 0.6 is 11.6 Å². The number of fused-ring (bicyclic) bond motifs is 1. The van der Waals surface area contributed by atoms with Crippen molar-refractivity contribution < 1.29 is 19.1 Å². The quantitative estimate of drug-likeness (QED) is 0.285. The van der Waals surface area contributed by atoms with Crippen molar-refractivity contribution in [3.63, 3.8) is 0 Å². The van der Waals surface area contributed by atoms with Gasteiger partial charge in [-0.25, -0.2) is 0 Å². The van der Waals surface area contributed by atoms with E-state index in [1.165, 1.54) is 0 Å². The minimum absolute atomic E-state index is 0.280. The van der Waals surface area contributed by atoms with Crippen molar-refractivity contribution in [2.45, 2.75) is 13.8 Å². The molecule has 1 aromatic heterocycles. The summed E-state index contributed by atoms with van der Waals surface area (Å²) in [5, 5.41) is 7.19. The van der Waals surface area contributed by atoms with Gasteiger partial charge in [0.05, 0.1) is 24.6 Å². The molecule has 1 heterocycles. The Bertz CT molecular complexity index is 1330. The number of nitrogens with one attached hydrogen (secondary N) is 3. The molecule has 0 spiro atoms. The smallest absolute Gasteiger partial charge is 0.272 e. The molecule has 2 amide bonds. The first kappa shape index (κ1) is 23.2. The predicted octanol–water partition coefficient (Wildman–Crippen LogP) is 6.12. The maximum atomic E-state index is 13.0. The van der Waals surface area contributed by atoms with E-state index in [1.54, 1.807) is 54.6 Å². The van der Waals surface area contributed by atoms with Crippen LogP contribution in [-0.2, 0) is 0 Å². The number of H-pyrrole nitrogens is 1. The number of carbonyl (C=O) groups is 2. The largest absolute Gasteiger partial charge is 0.492 e. The van der Waals surface area contributed by atoms with Crippen LogP contribution in [0.2, 0.25) is 5.02 Å². The monoisotopic (exact) mass is 477 g/mol. The Balaban J connectivity index is 1.64. The first-order valence-electron chi connectivity index (χ1n) is 10.9. The molecule has 34 heavy (non-hydrogen) atoms. The van der Waals surface area contributed by atoms with E-state index >= 15 is 0 Å². The van der Waals surface area contributed by atoms with Gasteiger partial charge < -0.3 is 25.1 Å². The van der Waals surface area contributed by atoms with E-state index < -0.39 is 0 Å². The molecule has 4 aromatic rings. The molecule has 0 atom stereocenters. The first-order chi connectivity index (χ1) is 16.5. The van der Waals surface area contributed by atoms with E-state index in [-0.39, 0.29) is 11.8 Å². The molecule has 4 rings (SSSR count). The number of ether oxygens (including phenoxy) is 2. The highest BCUT2D eigenvalue weighted by Crippen LogP contribution is 2.37. The molecule has 0 saturated heterocycles. The van der Waals surface area contributed by atoms with Crippen molar-refractivity contribution in [2.24, 2.45) is 0 Å². The second-order valence-corrected chi connectivity index (χ2v) is 7.84. The summed E-state index contributed by atoms with van der Waals surface area (Å²) in [4.78, 5) is 28.8. The fraction of sp³-hybridized carbons (Fsp3) is 0.154. The third-order valence-electron chi connectivity index (χ3n) is 5.04. The molecule has 0 aliphatic heterocycles. The molecule has 0 unspecified atom stereocenters. The van der Waals surface area contributed by atoms with E-state index in [0.29, 0.717) is 52.4 Å². The van der Waals surface area contributed by atoms with Gasteiger partial charge in [-0.05, 0) is 44.2 Å². The number of anilines is 2. The number of aromatic amines is 1. The number of hydrogen-bond acceptors (Lipinski definition) is 4. The van der Waals surface area contributed by atoms with Gasteiger partial charge in [0, 0.05) is 33.6 Å². The van der Waals surface area contributed by atoms with Crippen LogP contribution in [0.25, 0.3) is 10.9 Å². The molecular formula is C26H24ClN3O4. The zero-order chi connectivity index (χ0) is 24.1. The molecule has 174 valence electrons. The Morgan fingerprint density at radius 3 is 2.06 bits per heavy atom. The lowest BCUT2D eigenvalue weighted by Crippen LogP contribution is -2.16. The average molecular weight is 478 g/mol. The van der Waals surface area contributed by atoms with Crippen LogP contribution in [0, 0.1) is 0 Å². The summed E-state index contributed by atoms with van der Waals surface area (Å²) in [7, 11) is 0. The Labute approximate surface area is 202 Å². The second kappa shape index (κ2) is 10.3. The number of rotatable bonds is 8. The summed E-state index contributed by atoms with van der Waals surface area (Å²) in [6.45, 7) is 4.42. The van der Waals surface area contributed by atoms with Crippen LogP contribution in [0.3, 0.4) is 0 Å². The molecule has 7 nitrogen and oxygen atoms in total. The van der Waals surface area contributed by atoms with Gasteiger partial charge in [-0.2, -0.15) is 0 Å².